The SMILES string of the molecule is Cl.O=C(Nc1ccccc1Cl)[C@@H]1CCNC1. The third-order valence-electron chi connectivity index (χ3n) is 2.56. The number of para-hydroxylation sites is 1. The van der Waals surface area contributed by atoms with Gasteiger partial charge < -0.3 is 10.6 Å². The molecule has 16 heavy (non-hydrogen) atoms. The van der Waals surface area contributed by atoms with Crippen LogP contribution in [0.15, 0.2) is 24.3 Å². The highest BCUT2D eigenvalue weighted by Gasteiger charge is 2.22. The fraction of sp³-hybridized carbons (Fsp3) is 0.364. The number of amides is 1. The molecule has 0 radical (unpaired) electrons. The summed E-state index contributed by atoms with van der Waals surface area (Å²) in [5.74, 6) is 0.120. The minimum Gasteiger partial charge on any atom is -0.324 e. The van der Waals surface area contributed by atoms with E-state index in [2.05, 4.69) is 10.6 Å². The van der Waals surface area contributed by atoms with Gasteiger partial charge in [0.25, 0.3) is 0 Å². The Hall–Kier alpha value is -0.770. The van der Waals surface area contributed by atoms with Crippen LogP contribution in [0.25, 0.3) is 0 Å². The molecule has 1 aromatic carbocycles. The summed E-state index contributed by atoms with van der Waals surface area (Å²) in [6.07, 6.45) is 0.899. The van der Waals surface area contributed by atoms with Gasteiger partial charge in [-0.15, -0.1) is 12.4 Å². The summed E-state index contributed by atoms with van der Waals surface area (Å²) in [4.78, 5) is 11.8. The van der Waals surface area contributed by atoms with Crippen molar-refractivity contribution in [2.75, 3.05) is 18.4 Å². The quantitative estimate of drug-likeness (QED) is 0.857. The van der Waals surface area contributed by atoms with Crippen LogP contribution in [0.2, 0.25) is 5.02 Å². The second-order valence-electron chi connectivity index (χ2n) is 3.66. The summed E-state index contributed by atoms with van der Waals surface area (Å²) in [7, 11) is 0. The van der Waals surface area contributed by atoms with Crippen molar-refractivity contribution in [1.82, 2.24) is 5.32 Å². The lowest BCUT2D eigenvalue weighted by Crippen LogP contribution is -2.24. The molecule has 1 saturated heterocycles. The topological polar surface area (TPSA) is 41.1 Å². The summed E-state index contributed by atoms with van der Waals surface area (Å²) < 4.78 is 0. The second kappa shape index (κ2) is 6.09. The molecule has 2 N–H and O–H groups in total. The van der Waals surface area contributed by atoms with E-state index >= 15 is 0 Å². The number of rotatable bonds is 2. The van der Waals surface area contributed by atoms with Crippen molar-refractivity contribution in [3.05, 3.63) is 29.3 Å². The zero-order valence-electron chi connectivity index (χ0n) is 8.70. The molecule has 0 unspecified atom stereocenters. The molecule has 0 spiro atoms. The van der Waals surface area contributed by atoms with Crippen LogP contribution >= 0.6 is 24.0 Å². The molecule has 0 aliphatic carbocycles. The monoisotopic (exact) mass is 260 g/mol. The molecule has 1 aliphatic rings. The van der Waals surface area contributed by atoms with Crippen molar-refractivity contribution in [2.24, 2.45) is 5.92 Å². The molecule has 1 aromatic rings. The predicted octanol–water partition coefficient (Wildman–Crippen LogP) is 2.31. The van der Waals surface area contributed by atoms with Gasteiger partial charge in [-0.05, 0) is 25.1 Å². The van der Waals surface area contributed by atoms with Gasteiger partial charge in [-0.2, -0.15) is 0 Å². The van der Waals surface area contributed by atoms with E-state index in [0.29, 0.717) is 10.7 Å². The fourth-order valence-corrected chi connectivity index (χ4v) is 1.86. The molecule has 88 valence electrons. The number of carbonyl (C=O) groups is 1. The summed E-state index contributed by atoms with van der Waals surface area (Å²) in [5.41, 5.74) is 0.691. The van der Waals surface area contributed by atoms with Gasteiger partial charge in [0.15, 0.2) is 0 Å². The molecule has 1 fully saturated rings. The zero-order valence-corrected chi connectivity index (χ0v) is 10.3. The lowest BCUT2D eigenvalue weighted by Gasteiger charge is -2.10. The smallest absolute Gasteiger partial charge is 0.228 e. The molecular weight excluding hydrogens is 247 g/mol. The number of nitrogens with one attached hydrogen (secondary N) is 2. The number of hydrogen-bond donors (Lipinski definition) is 2. The van der Waals surface area contributed by atoms with Crippen molar-refractivity contribution >= 4 is 35.6 Å². The molecular formula is C11H14Cl2N2O. The van der Waals surface area contributed by atoms with Gasteiger partial charge >= 0.3 is 0 Å². The number of carbonyl (C=O) groups excluding carboxylic acids is 1. The average molecular weight is 261 g/mol. The summed E-state index contributed by atoms with van der Waals surface area (Å²) >= 11 is 5.94. The first-order chi connectivity index (χ1) is 7.27. The highest BCUT2D eigenvalue weighted by molar-refractivity contribution is 6.33. The van der Waals surface area contributed by atoms with Crippen LogP contribution in [-0.4, -0.2) is 19.0 Å². The van der Waals surface area contributed by atoms with E-state index in [-0.39, 0.29) is 24.2 Å². The molecule has 1 atom stereocenters. The summed E-state index contributed by atoms with van der Waals surface area (Å²) in [5, 5.41) is 6.58. The van der Waals surface area contributed by atoms with Gasteiger partial charge in [0.05, 0.1) is 16.6 Å². The average Bonchev–Trinajstić information content (AvgIpc) is 2.74. The Morgan fingerprint density at radius 2 is 2.19 bits per heavy atom. The minimum absolute atomic E-state index is 0. The number of benzene rings is 1. The van der Waals surface area contributed by atoms with Gasteiger partial charge in [-0.1, -0.05) is 23.7 Å². The van der Waals surface area contributed by atoms with Crippen molar-refractivity contribution in [1.29, 1.82) is 0 Å². The zero-order chi connectivity index (χ0) is 10.7. The van der Waals surface area contributed by atoms with Crippen molar-refractivity contribution in [2.45, 2.75) is 6.42 Å². The van der Waals surface area contributed by atoms with E-state index in [9.17, 15) is 4.79 Å². The molecule has 1 heterocycles. The largest absolute Gasteiger partial charge is 0.324 e. The van der Waals surface area contributed by atoms with Crippen LogP contribution in [0.4, 0.5) is 5.69 Å². The second-order valence-corrected chi connectivity index (χ2v) is 4.07. The van der Waals surface area contributed by atoms with Gasteiger partial charge in [0.2, 0.25) is 5.91 Å². The summed E-state index contributed by atoms with van der Waals surface area (Å²) in [6.45, 7) is 1.68. The van der Waals surface area contributed by atoms with Crippen molar-refractivity contribution < 1.29 is 4.79 Å². The van der Waals surface area contributed by atoms with Crippen LogP contribution in [0.1, 0.15) is 6.42 Å². The minimum atomic E-state index is 0. The number of anilines is 1. The molecule has 5 heteroatoms. The van der Waals surface area contributed by atoms with Crippen LogP contribution in [0.3, 0.4) is 0 Å². The Labute approximate surface area is 106 Å². The number of hydrogen-bond acceptors (Lipinski definition) is 2. The third-order valence-corrected chi connectivity index (χ3v) is 2.89. The first-order valence-electron chi connectivity index (χ1n) is 5.03. The van der Waals surface area contributed by atoms with Crippen molar-refractivity contribution in [3.63, 3.8) is 0 Å². The molecule has 0 aromatic heterocycles. The predicted molar refractivity (Wildman–Crippen MR) is 68.3 cm³/mol. The number of halogens is 2. The molecule has 2 rings (SSSR count). The molecule has 0 bridgehead atoms. The van der Waals surface area contributed by atoms with E-state index in [1.165, 1.54) is 0 Å². The van der Waals surface area contributed by atoms with Crippen molar-refractivity contribution in [3.8, 4) is 0 Å². The highest BCUT2D eigenvalue weighted by atomic mass is 35.5. The van der Waals surface area contributed by atoms with E-state index in [1.807, 2.05) is 18.2 Å². The highest BCUT2D eigenvalue weighted by Crippen LogP contribution is 2.21. The Morgan fingerprint density at radius 1 is 1.44 bits per heavy atom. The normalized spacial score (nSPS) is 18.9. The van der Waals surface area contributed by atoms with E-state index in [0.717, 1.165) is 19.5 Å². The molecule has 0 saturated carbocycles. The van der Waals surface area contributed by atoms with Gasteiger partial charge in [-0.3, -0.25) is 4.79 Å². The maximum atomic E-state index is 11.8. The Balaban J connectivity index is 0.00000128. The van der Waals surface area contributed by atoms with Gasteiger partial charge in [0, 0.05) is 6.54 Å². The first kappa shape index (κ1) is 13.3. The van der Waals surface area contributed by atoms with E-state index < -0.39 is 0 Å². The van der Waals surface area contributed by atoms with Gasteiger partial charge in [0.1, 0.15) is 0 Å². The first-order valence-corrected chi connectivity index (χ1v) is 5.41. The lowest BCUT2D eigenvalue weighted by molar-refractivity contribution is -0.119. The van der Waals surface area contributed by atoms with Crippen LogP contribution in [0, 0.1) is 5.92 Å². The lowest BCUT2D eigenvalue weighted by atomic mass is 10.1. The van der Waals surface area contributed by atoms with E-state index in [1.54, 1.807) is 6.07 Å². The molecule has 1 amide bonds. The van der Waals surface area contributed by atoms with Crippen LogP contribution in [0.5, 0.6) is 0 Å². The standard InChI is InChI=1S/C11H13ClN2O.ClH/c12-9-3-1-2-4-10(9)14-11(15)8-5-6-13-7-8;/h1-4,8,13H,5-7H2,(H,14,15);1H/t8-;/m1./s1. The molecule has 1 aliphatic heterocycles. The Morgan fingerprint density at radius 3 is 2.81 bits per heavy atom. The maximum Gasteiger partial charge on any atom is 0.228 e. The van der Waals surface area contributed by atoms with Gasteiger partial charge in [-0.25, -0.2) is 0 Å². The summed E-state index contributed by atoms with van der Waals surface area (Å²) in [6, 6.07) is 7.27. The Bertz CT molecular complexity index is 365. The third kappa shape index (κ3) is 3.11. The Kier molecular flexibility index (Phi) is 5.06. The van der Waals surface area contributed by atoms with Crippen LogP contribution < -0.4 is 10.6 Å². The molecule has 3 nitrogen and oxygen atoms in total. The van der Waals surface area contributed by atoms with E-state index in [4.69, 9.17) is 11.6 Å². The maximum absolute atomic E-state index is 11.8. The fourth-order valence-electron chi connectivity index (χ4n) is 1.68. The van der Waals surface area contributed by atoms with Crippen LogP contribution in [-0.2, 0) is 4.79 Å².